The van der Waals surface area contributed by atoms with Crippen LogP contribution in [0.1, 0.15) is 12.5 Å². The number of aryl methyl sites for hydroxylation is 1. The number of hydrogen-bond acceptors (Lipinski definition) is 3. The van der Waals surface area contributed by atoms with Crippen molar-refractivity contribution in [1.29, 1.82) is 0 Å². The zero-order chi connectivity index (χ0) is 14.1. The van der Waals surface area contributed by atoms with Crippen LogP contribution in [-0.4, -0.2) is 49.5 Å². The maximum absolute atomic E-state index is 12.0. The number of hydrogen-bond donors (Lipinski definition) is 2. The van der Waals surface area contributed by atoms with E-state index in [1.54, 1.807) is 7.11 Å². The summed E-state index contributed by atoms with van der Waals surface area (Å²) in [5.74, 6) is 0. The molecule has 19 heavy (non-hydrogen) atoms. The van der Waals surface area contributed by atoms with Crippen LogP contribution in [-0.2, 0) is 11.2 Å². The summed E-state index contributed by atoms with van der Waals surface area (Å²) in [6, 6.07) is 7.51. The molecule has 0 aliphatic rings. The fraction of sp³-hybridized carbons (Fsp3) is 0.500. The van der Waals surface area contributed by atoms with Crippen LogP contribution < -0.4 is 5.32 Å². The van der Waals surface area contributed by atoms with Gasteiger partial charge in [0.25, 0.3) is 0 Å². The molecule has 0 unspecified atom stereocenters. The Kier molecular flexibility index (Phi) is 6.92. The normalized spacial score (nSPS) is 10.3. The molecule has 0 saturated carbocycles. The molecule has 106 valence electrons. The van der Waals surface area contributed by atoms with Gasteiger partial charge in [-0.05, 0) is 24.1 Å². The maximum Gasteiger partial charge on any atom is 0.321 e. The lowest BCUT2D eigenvalue weighted by Crippen LogP contribution is -2.39. The molecule has 0 aromatic heterocycles. The Bertz CT molecular complexity index is 379. The number of ether oxygens (including phenoxy) is 1. The van der Waals surface area contributed by atoms with Crippen LogP contribution in [0.2, 0.25) is 0 Å². The van der Waals surface area contributed by atoms with Crippen LogP contribution in [0.15, 0.2) is 24.3 Å². The standard InChI is InChI=1S/C14H22N2O3/c1-3-12-4-6-13(7-5-12)15-14(18)16(8-10-17)9-11-19-2/h4-7,17H,3,8-11H2,1-2H3,(H,15,18). The molecule has 0 aliphatic heterocycles. The third-order valence-corrected chi connectivity index (χ3v) is 2.84. The van der Waals surface area contributed by atoms with E-state index in [2.05, 4.69) is 12.2 Å². The number of nitrogens with one attached hydrogen (secondary N) is 1. The van der Waals surface area contributed by atoms with E-state index in [4.69, 9.17) is 9.84 Å². The first-order valence-electron chi connectivity index (χ1n) is 6.46. The largest absolute Gasteiger partial charge is 0.395 e. The average molecular weight is 266 g/mol. The molecule has 0 saturated heterocycles. The monoisotopic (exact) mass is 266 g/mol. The van der Waals surface area contributed by atoms with E-state index in [0.29, 0.717) is 19.7 Å². The molecule has 2 amide bonds. The Morgan fingerprint density at radius 2 is 2.00 bits per heavy atom. The number of aliphatic hydroxyl groups is 1. The average Bonchev–Trinajstić information content (AvgIpc) is 2.44. The van der Waals surface area contributed by atoms with E-state index in [1.807, 2.05) is 24.3 Å². The number of benzene rings is 1. The molecule has 0 heterocycles. The van der Waals surface area contributed by atoms with Crippen molar-refractivity contribution in [3.63, 3.8) is 0 Å². The van der Waals surface area contributed by atoms with Gasteiger partial charge in [-0.2, -0.15) is 0 Å². The van der Waals surface area contributed by atoms with Crippen LogP contribution in [0.5, 0.6) is 0 Å². The molecule has 1 rings (SSSR count). The Labute approximate surface area is 114 Å². The van der Waals surface area contributed by atoms with E-state index in [9.17, 15) is 4.79 Å². The fourth-order valence-corrected chi connectivity index (χ4v) is 1.66. The molecule has 5 heteroatoms. The predicted molar refractivity (Wildman–Crippen MR) is 75.4 cm³/mol. The molecule has 0 fully saturated rings. The van der Waals surface area contributed by atoms with Crippen molar-refractivity contribution < 1.29 is 14.6 Å². The molecular weight excluding hydrogens is 244 g/mol. The van der Waals surface area contributed by atoms with Crippen molar-refractivity contribution in [3.05, 3.63) is 29.8 Å². The molecule has 5 nitrogen and oxygen atoms in total. The summed E-state index contributed by atoms with van der Waals surface area (Å²) < 4.78 is 4.95. The summed E-state index contributed by atoms with van der Waals surface area (Å²) in [7, 11) is 1.58. The van der Waals surface area contributed by atoms with E-state index < -0.39 is 0 Å². The van der Waals surface area contributed by atoms with Crippen LogP contribution in [0, 0.1) is 0 Å². The zero-order valence-electron chi connectivity index (χ0n) is 11.6. The second-order valence-corrected chi connectivity index (χ2v) is 4.18. The first-order valence-corrected chi connectivity index (χ1v) is 6.46. The van der Waals surface area contributed by atoms with Crippen LogP contribution in [0.25, 0.3) is 0 Å². The van der Waals surface area contributed by atoms with E-state index >= 15 is 0 Å². The lowest BCUT2D eigenvalue weighted by molar-refractivity contribution is 0.142. The van der Waals surface area contributed by atoms with E-state index in [-0.39, 0.29) is 12.6 Å². The minimum Gasteiger partial charge on any atom is -0.395 e. The maximum atomic E-state index is 12.0. The first kappa shape index (κ1) is 15.5. The van der Waals surface area contributed by atoms with E-state index in [0.717, 1.165) is 12.1 Å². The van der Waals surface area contributed by atoms with Crippen LogP contribution in [0.3, 0.4) is 0 Å². The molecule has 1 aromatic carbocycles. The SMILES string of the molecule is CCc1ccc(NC(=O)N(CCO)CCOC)cc1. The lowest BCUT2D eigenvalue weighted by atomic mass is 10.1. The van der Waals surface area contributed by atoms with Crippen molar-refractivity contribution in [1.82, 2.24) is 4.90 Å². The van der Waals surface area contributed by atoms with Crippen molar-refractivity contribution in [3.8, 4) is 0 Å². The number of urea groups is 1. The summed E-state index contributed by atoms with van der Waals surface area (Å²) in [5, 5.41) is 11.8. The number of carbonyl (C=O) groups is 1. The summed E-state index contributed by atoms with van der Waals surface area (Å²) in [6.45, 7) is 3.22. The van der Waals surface area contributed by atoms with Crippen molar-refractivity contribution in [2.45, 2.75) is 13.3 Å². The van der Waals surface area contributed by atoms with Gasteiger partial charge in [-0.1, -0.05) is 19.1 Å². The Morgan fingerprint density at radius 3 is 2.53 bits per heavy atom. The number of aliphatic hydroxyl groups excluding tert-OH is 1. The molecule has 0 aliphatic carbocycles. The van der Waals surface area contributed by atoms with Crippen LogP contribution in [0.4, 0.5) is 10.5 Å². The Morgan fingerprint density at radius 1 is 1.32 bits per heavy atom. The molecular formula is C14H22N2O3. The van der Waals surface area contributed by atoms with Gasteiger partial charge in [0.15, 0.2) is 0 Å². The molecule has 0 radical (unpaired) electrons. The smallest absolute Gasteiger partial charge is 0.321 e. The molecule has 0 bridgehead atoms. The predicted octanol–water partition coefficient (Wildman–Crippen LogP) is 1.72. The summed E-state index contributed by atoms with van der Waals surface area (Å²) in [5.41, 5.74) is 1.98. The van der Waals surface area contributed by atoms with Gasteiger partial charge in [-0.3, -0.25) is 0 Å². The van der Waals surface area contributed by atoms with Gasteiger partial charge in [0.1, 0.15) is 0 Å². The number of carbonyl (C=O) groups excluding carboxylic acids is 1. The minimum atomic E-state index is -0.227. The number of rotatable bonds is 7. The molecule has 1 aromatic rings. The van der Waals surface area contributed by atoms with Gasteiger partial charge < -0.3 is 20.1 Å². The van der Waals surface area contributed by atoms with Gasteiger partial charge in [-0.15, -0.1) is 0 Å². The third kappa shape index (κ3) is 5.28. The topological polar surface area (TPSA) is 61.8 Å². The summed E-state index contributed by atoms with van der Waals surface area (Å²) in [6.07, 6.45) is 0.971. The molecule has 0 atom stereocenters. The van der Waals surface area contributed by atoms with Gasteiger partial charge in [0, 0.05) is 25.9 Å². The molecule has 0 spiro atoms. The fourth-order valence-electron chi connectivity index (χ4n) is 1.66. The number of nitrogens with zero attached hydrogens (tertiary/aromatic N) is 1. The van der Waals surface area contributed by atoms with Crippen molar-refractivity contribution in [2.24, 2.45) is 0 Å². The van der Waals surface area contributed by atoms with Gasteiger partial charge in [0.05, 0.1) is 13.2 Å². The van der Waals surface area contributed by atoms with Crippen molar-refractivity contribution >= 4 is 11.7 Å². The second-order valence-electron chi connectivity index (χ2n) is 4.18. The Hall–Kier alpha value is -1.59. The number of methoxy groups -OCH3 is 1. The highest BCUT2D eigenvalue weighted by atomic mass is 16.5. The number of anilines is 1. The second kappa shape index (κ2) is 8.50. The highest BCUT2D eigenvalue weighted by Crippen LogP contribution is 2.10. The lowest BCUT2D eigenvalue weighted by Gasteiger charge is -2.21. The first-order chi connectivity index (χ1) is 9.21. The van der Waals surface area contributed by atoms with Crippen LogP contribution >= 0.6 is 0 Å². The number of amides is 2. The van der Waals surface area contributed by atoms with E-state index in [1.165, 1.54) is 10.5 Å². The highest BCUT2D eigenvalue weighted by molar-refractivity contribution is 5.89. The van der Waals surface area contributed by atoms with Gasteiger partial charge in [0.2, 0.25) is 0 Å². The van der Waals surface area contributed by atoms with Gasteiger partial charge in [-0.25, -0.2) is 4.79 Å². The minimum absolute atomic E-state index is 0.0636. The molecule has 2 N–H and O–H groups in total. The Balaban J connectivity index is 2.58. The van der Waals surface area contributed by atoms with Crippen molar-refractivity contribution in [2.75, 3.05) is 38.7 Å². The van der Waals surface area contributed by atoms with Gasteiger partial charge >= 0.3 is 6.03 Å². The quantitative estimate of drug-likeness (QED) is 0.790. The zero-order valence-corrected chi connectivity index (χ0v) is 11.6. The third-order valence-electron chi connectivity index (χ3n) is 2.84. The summed E-state index contributed by atoms with van der Waals surface area (Å²) in [4.78, 5) is 13.5. The summed E-state index contributed by atoms with van der Waals surface area (Å²) >= 11 is 0. The highest BCUT2D eigenvalue weighted by Gasteiger charge is 2.12.